The van der Waals surface area contributed by atoms with E-state index in [4.69, 9.17) is 0 Å². The molecule has 7 nitrogen and oxygen atoms in total. The van der Waals surface area contributed by atoms with Gasteiger partial charge in [0.25, 0.3) is 0 Å². The molecule has 1 heterocycles. The topological polar surface area (TPSA) is 88.9 Å². The molecule has 0 aliphatic heterocycles. The van der Waals surface area contributed by atoms with Gasteiger partial charge in [0.1, 0.15) is 6.54 Å². The number of aromatic nitrogens is 3. The van der Waals surface area contributed by atoms with Crippen LogP contribution in [-0.2, 0) is 16.1 Å². The van der Waals surface area contributed by atoms with Crippen LogP contribution in [0.2, 0.25) is 0 Å². The Kier molecular flexibility index (Phi) is 4.13. The fraction of sp³-hybridized carbons (Fsp3) is 0.333. The molecule has 0 spiro atoms. The lowest BCUT2D eigenvalue weighted by Gasteiger charge is -2.23. The number of benzene rings is 1. The van der Waals surface area contributed by atoms with Crippen LogP contribution in [0.15, 0.2) is 36.5 Å². The Balaban J connectivity index is 1.52. The quantitative estimate of drug-likeness (QED) is 0.878. The van der Waals surface area contributed by atoms with E-state index in [1.165, 1.54) is 4.68 Å². The molecule has 1 aromatic heterocycles. The second kappa shape index (κ2) is 6.38. The number of nitrogens with zero attached hydrogens (tertiary/aromatic N) is 3. The first-order valence-electron chi connectivity index (χ1n) is 7.26. The molecule has 1 aromatic carbocycles. The summed E-state index contributed by atoms with van der Waals surface area (Å²) < 4.78 is 1.40. The van der Waals surface area contributed by atoms with Crippen LogP contribution in [0.25, 0.3) is 0 Å². The summed E-state index contributed by atoms with van der Waals surface area (Å²) in [6.07, 6.45) is 4.52. The molecular formula is C15H17N5O2. The van der Waals surface area contributed by atoms with Crippen molar-refractivity contribution in [2.75, 3.05) is 10.6 Å². The molecule has 2 aromatic rings. The number of hydrogen-bond acceptors (Lipinski definition) is 4. The highest BCUT2D eigenvalue weighted by Crippen LogP contribution is 2.27. The maximum absolute atomic E-state index is 11.9. The molecule has 2 N–H and O–H groups in total. The van der Waals surface area contributed by atoms with Crippen molar-refractivity contribution in [1.82, 2.24) is 15.0 Å². The van der Waals surface area contributed by atoms with E-state index in [2.05, 4.69) is 20.9 Å². The van der Waals surface area contributed by atoms with Gasteiger partial charge in [-0.1, -0.05) is 29.8 Å². The summed E-state index contributed by atoms with van der Waals surface area (Å²) in [6, 6.07) is 9.19. The van der Waals surface area contributed by atoms with Crippen LogP contribution in [0.3, 0.4) is 0 Å². The third-order valence-electron chi connectivity index (χ3n) is 3.63. The van der Waals surface area contributed by atoms with E-state index < -0.39 is 0 Å². The van der Waals surface area contributed by atoms with Gasteiger partial charge < -0.3 is 10.6 Å². The molecule has 0 radical (unpaired) electrons. The fourth-order valence-electron chi connectivity index (χ4n) is 2.20. The minimum absolute atomic E-state index is 0.0213. The number of carbonyl (C=O) groups excluding carboxylic acids is 2. The van der Waals surface area contributed by atoms with Gasteiger partial charge in [-0.25, -0.2) is 4.68 Å². The second-order valence-corrected chi connectivity index (χ2v) is 5.33. The highest BCUT2D eigenvalue weighted by Gasteiger charge is 2.25. The molecule has 22 heavy (non-hydrogen) atoms. The molecule has 1 fully saturated rings. The van der Waals surface area contributed by atoms with Gasteiger partial charge in [-0.2, -0.15) is 0 Å². The Hall–Kier alpha value is -2.70. The lowest BCUT2D eigenvalue weighted by atomic mass is 9.85. The van der Waals surface area contributed by atoms with Crippen molar-refractivity contribution in [2.24, 2.45) is 5.92 Å². The lowest BCUT2D eigenvalue weighted by Crippen LogP contribution is -2.28. The number of nitrogens with one attached hydrogen (secondary N) is 2. The van der Waals surface area contributed by atoms with Crippen molar-refractivity contribution >= 4 is 23.3 Å². The van der Waals surface area contributed by atoms with E-state index in [1.54, 1.807) is 6.20 Å². The van der Waals surface area contributed by atoms with Crippen molar-refractivity contribution in [1.29, 1.82) is 0 Å². The maximum atomic E-state index is 11.9. The Morgan fingerprint density at radius 2 is 1.95 bits per heavy atom. The van der Waals surface area contributed by atoms with Crippen LogP contribution in [0.1, 0.15) is 19.3 Å². The van der Waals surface area contributed by atoms with Gasteiger partial charge in [-0.3, -0.25) is 9.59 Å². The van der Waals surface area contributed by atoms with Gasteiger partial charge in [0.15, 0.2) is 5.82 Å². The SMILES string of the molecule is O=C(Cn1cc(NC(=O)C2CCC2)nn1)Nc1ccccc1. The largest absolute Gasteiger partial charge is 0.324 e. The van der Waals surface area contributed by atoms with Gasteiger partial charge in [0.2, 0.25) is 11.8 Å². The molecule has 1 saturated carbocycles. The van der Waals surface area contributed by atoms with Gasteiger partial charge in [0, 0.05) is 11.6 Å². The first-order valence-corrected chi connectivity index (χ1v) is 7.26. The summed E-state index contributed by atoms with van der Waals surface area (Å²) in [6.45, 7) is 0.0429. The Morgan fingerprint density at radius 3 is 2.64 bits per heavy atom. The zero-order valence-corrected chi connectivity index (χ0v) is 12.0. The number of para-hydroxylation sites is 1. The molecule has 0 bridgehead atoms. The van der Waals surface area contributed by atoms with Crippen LogP contribution < -0.4 is 10.6 Å². The smallest absolute Gasteiger partial charge is 0.246 e. The zero-order valence-electron chi connectivity index (χ0n) is 12.0. The first kappa shape index (κ1) is 14.2. The first-order chi connectivity index (χ1) is 10.7. The van der Waals surface area contributed by atoms with Gasteiger partial charge in [-0.15, -0.1) is 5.10 Å². The van der Waals surface area contributed by atoms with Crippen molar-refractivity contribution < 1.29 is 9.59 Å². The minimum Gasteiger partial charge on any atom is -0.324 e. The van der Waals surface area contributed by atoms with Crippen molar-refractivity contribution in [3.63, 3.8) is 0 Å². The Morgan fingerprint density at radius 1 is 1.18 bits per heavy atom. The molecule has 0 atom stereocenters. The molecule has 1 aliphatic rings. The van der Waals surface area contributed by atoms with Gasteiger partial charge in [-0.05, 0) is 25.0 Å². The average Bonchev–Trinajstić information content (AvgIpc) is 2.84. The predicted molar refractivity (Wildman–Crippen MR) is 81.1 cm³/mol. The second-order valence-electron chi connectivity index (χ2n) is 5.33. The normalized spacial score (nSPS) is 14.2. The van der Waals surface area contributed by atoms with Crippen LogP contribution in [-0.4, -0.2) is 26.8 Å². The average molecular weight is 299 g/mol. The highest BCUT2D eigenvalue weighted by molar-refractivity contribution is 5.92. The Bertz CT molecular complexity index is 664. The third-order valence-corrected chi connectivity index (χ3v) is 3.63. The molecule has 0 saturated heterocycles. The summed E-state index contributed by atoms with van der Waals surface area (Å²) in [4.78, 5) is 23.7. The molecule has 114 valence electrons. The van der Waals surface area contributed by atoms with E-state index in [0.29, 0.717) is 5.82 Å². The number of anilines is 2. The van der Waals surface area contributed by atoms with Gasteiger partial charge in [0.05, 0.1) is 6.20 Å². The zero-order chi connectivity index (χ0) is 15.4. The van der Waals surface area contributed by atoms with Crippen molar-refractivity contribution in [2.45, 2.75) is 25.8 Å². The number of carbonyl (C=O) groups is 2. The van der Waals surface area contributed by atoms with Crippen LogP contribution >= 0.6 is 0 Å². The molecule has 0 unspecified atom stereocenters. The van der Waals surface area contributed by atoms with E-state index in [1.807, 2.05) is 30.3 Å². The third kappa shape index (κ3) is 3.49. The fourth-order valence-corrected chi connectivity index (χ4v) is 2.20. The summed E-state index contributed by atoms with van der Waals surface area (Å²) in [5, 5.41) is 13.2. The monoisotopic (exact) mass is 299 g/mol. The lowest BCUT2D eigenvalue weighted by molar-refractivity contribution is -0.122. The number of amides is 2. The van der Waals surface area contributed by atoms with Crippen molar-refractivity contribution in [3.8, 4) is 0 Å². The van der Waals surface area contributed by atoms with E-state index in [9.17, 15) is 9.59 Å². The summed E-state index contributed by atoms with van der Waals surface area (Å²) in [5.74, 6) is 0.246. The molecule has 2 amide bonds. The number of rotatable bonds is 5. The maximum Gasteiger partial charge on any atom is 0.246 e. The van der Waals surface area contributed by atoms with E-state index in [-0.39, 0.29) is 24.3 Å². The Labute approximate surface area is 127 Å². The predicted octanol–water partition coefficient (Wildman–Crippen LogP) is 1.66. The molecule has 1 aliphatic carbocycles. The minimum atomic E-state index is -0.201. The molecular weight excluding hydrogens is 282 g/mol. The summed E-state index contributed by atoms with van der Waals surface area (Å²) in [7, 11) is 0. The van der Waals surface area contributed by atoms with Gasteiger partial charge >= 0.3 is 0 Å². The molecule has 3 rings (SSSR count). The number of hydrogen-bond donors (Lipinski definition) is 2. The molecule has 7 heteroatoms. The van der Waals surface area contributed by atoms with Crippen LogP contribution in [0, 0.1) is 5.92 Å². The van der Waals surface area contributed by atoms with E-state index >= 15 is 0 Å². The summed E-state index contributed by atoms with van der Waals surface area (Å²) >= 11 is 0. The highest BCUT2D eigenvalue weighted by atomic mass is 16.2. The summed E-state index contributed by atoms with van der Waals surface area (Å²) in [5.41, 5.74) is 0.728. The van der Waals surface area contributed by atoms with Crippen LogP contribution in [0.4, 0.5) is 11.5 Å². The van der Waals surface area contributed by atoms with E-state index in [0.717, 1.165) is 24.9 Å². The van der Waals surface area contributed by atoms with Crippen molar-refractivity contribution in [3.05, 3.63) is 36.5 Å². The van der Waals surface area contributed by atoms with Crippen LogP contribution in [0.5, 0.6) is 0 Å². The standard InChI is InChI=1S/C15H17N5O2/c21-14(16-12-7-2-1-3-8-12)10-20-9-13(18-19-20)17-15(22)11-5-4-6-11/h1-3,7-9,11H,4-6,10H2,(H,16,21)(H,17,22).